The van der Waals surface area contributed by atoms with Crippen molar-refractivity contribution in [2.24, 2.45) is 34.5 Å². The normalized spacial score (nSPS) is 45.1. The number of ether oxygens (including phenoxy) is 1. The van der Waals surface area contributed by atoms with E-state index in [1.165, 1.54) is 0 Å². The van der Waals surface area contributed by atoms with Crippen LogP contribution in [-0.4, -0.2) is 18.7 Å². The summed E-state index contributed by atoms with van der Waals surface area (Å²) < 4.78 is 5.58. The Bertz CT molecular complexity index is 785. The molecule has 0 radical (unpaired) electrons. The summed E-state index contributed by atoms with van der Waals surface area (Å²) in [4.78, 5) is 25.2. The van der Waals surface area contributed by atoms with Crippen LogP contribution in [0, 0.1) is 34.5 Å². The van der Waals surface area contributed by atoms with Gasteiger partial charge in [0.05, 0.1) is 7.11 Å². The van der Waals surface area contributed by atoms with Crippen molar-refractivity contribution in [2.75, 3.05) is 7.11 Å². The van der Waals surface area contributed by atoms with Crippen LogP contribution in [0.25, 0.3) is 0 Å². The lowest BCUT2D eigenvalue weighted by molar-refractivity contribution is -0.132. The van der Waals surface area contributed by atoms with Gasteiger partial charge in [-0.2, -0.15) is 0 Å². The number of carbonyl (C=O) groups is 2. The Kier molecular flexibility index (Phi) is 3.71. The number of allylic oxidation sites excluding steroid dienone is 4. The zero-order valence-electron chi connectivity index (χ0n) is 16.6. The second-order valence-electron chi connectivity index (χ2n) is 9.32. The lowest BCUT2D eigenvalue weighted by Gasteiger charge is -2.59. The smallest absolute Gasteiger partial charge is 0.220 e. The van der Waals surface area contributed by atoms with Crippen LogP contribution >= 0.6 is 0 Å². The number of methoxy groups -OCH3 is 1. The Hall–Kier alpha value is -1.64. The van der Waals surface area contributed by atoms with E-state index in [0.29, 0.717) is 29.3 Å². The molecule has 0 saturated heterocycles. The highest BCUT2D eigenvalue weighted by molar-refractivity contribution is 6.05. The SMILES string of the molecule is C=C1C2=C(OC)C(=O)C=C(C)[C@]2(C)[C@H]2CC[C@]3(C)C(=O)CC[C@H]3[C@@H]2[C@@H]1C. The van der Waals surface area contributed by atoms with Gasteiger partial charge in [0, 0.05) is 22.8 Å². The minimum Gasteiger partial charge on any atom is -0.492 e. The summed E-state index contributed by atoms with van der Waals surface area (Å²) in [6.07, 6.45) is 5.47. The molecular weight excluding hydrogens is 324 g/mol. The number of Topliss-reactive ketones (excluding diaryl/α,β-unsaturated/α-hetero) is 1. The van der Waals surface area contributed by atoms with Gasteiger partial charge in [-0.3, -0.25) is 9.59 Å². The molecule has 0 aromatic rings. The van der Waals surface area contributed by atoms with E-state index >= 15 is 0 Å². The molecule has 0 N–H and O–H groups in total. The second kappa shape index (κ2) is 5.43. The lowest BCUT2D eigenvalue weighted by atomic mass is 9.44. The van der Waals surface area contributed by atoms with Crippen LogP contribution in [0.5, 0.6) is 0 Å². The number of hydrogen-bond acceptors (Lipinski definition) is 3. The van der Waals surface area contributed by atoms with Gasteiger partial charge < -0.3 is 4.74 Å². The molecule has 0 aromatic carbocycles. The van der Waals surface area contributed by atoms with Gasteiger partial charge >= 0.3 is 0 Å². The average molecular weight is 354 g/mol. The predicted molar refractivity (Wildman–Crippen MR) is 101 cm³/mol. The predicted octanol–water partition coefficient (Wildman–Crippen LogP) is 4.64. The number of fused-ring (bicyclic) bond motifs is 5. The van der Waals surface area contributed by atoms with Gasteiger partial charge in [0.1, 0.15) is 5.78 Å². The summed E-state index contributed by atoms with van der Waals surface area (Å²) in [6, 6.07) is 0. The summed E-state index contributed by atoms with van der Waals surface area (Å²) in [5.74, 6) is 2.45. The van der Waals surface area contributed by atoms with Crippen molar-refractivity contribution >= 4 is 11.6 Å². The minimum absolute atomic E-state index is 0.0408. The largest absolute Gasteiger partial charge is 0.492 e. The molecule has 3 heteroatoms. The second-order valence-corrected chi connectivity index (χ2v) is 9.32. The maximum Gasteiger partial charge on any atom is 0.220 e. The Morgan fingerprint density at radius 3 is 2.54 bits per heavy atom. The van der Waals surface area contributed by atoms with Crippen molar-refractivity contribution < 1.29 is 14.3 Å². The van der Waals surface area contributed by atoms with E-state index in [-0.39, 0.29) is 22.5 Å². The summed E-state index contributed by atoms with van der Waals surface area (Å²) >= 11 is 0. The van der Waals surface area contributed by atoms with E-state index in [2.05, 4.69) is 34.3 Å². The van der Waals surface area contributed by atoms with Gasteiger partial charge in [0.15, 0.2) is 5.76 Å². The maximum atomic E-state index is 12.7. The Balaban J connectivity index is 1.90. The molecule has 4 rings (SSSR count). The molecule has 0 heterocycles. The van der Waals surface area contributed by atoms with Crippen LogP contribution in [0.1, 0.15) is 53.4 Å². The lowest BCUT2D eigenvalue weighted by Crippen LogP contribution is -2.54. The topological polar surface area (TPSA) is 43.4 Å². The van der Waals surface area contributed by atoms with Crippen molar-refractivity contribution in [1.29, 1.82) is 0 Å². The monoisotopic (exact) mass is 354 g/mol. The fourth-order valence-corrected chi connectivity index (χ4v) is 6.93. The first-order valence-electron chi connectivity index (χ1n) is 9.92. The standard InChI is InChI=1S/C23H30O3/c1-12-11-17(24)21(26-6)20-14(3)13(2)19-15-7-8-18(25)22(15,4)10-9-16(19)23(12,20)5/h11,13,15-16,19H,3,7-10H2,1-2,4-6H3/t13-,15+,16+,19+,22+,23-/m1/s1. The fourth-order valence-electron chi connectivity index (χ4n) is 6.93. The van der Waals surface area contributed by atoms with Gasteiger partial charge in [-0.05, 0) is 61.5 Å². The highest BCUT2D eigenvalue weighted by Gasteiger charge is 2.62. The molecule has 3 nitrogen and oxygen atoms in total. The van der Waals surface area contributed by atoms with Gasteiger partial charge in [-0.25, -0.2) is 0 Å². The molecule has 3 saturated carbocycles. The molecular formula is C23H30O3. The highest BCUT2D eigenvalue weighted by Crippen LogP contribution is 2.67. The quantitative estimate of drug-likeness (QED) is 0.689. The zero-order chi connectivity index (χ0) is 19.0. The molecule has 6 atom stereocenters. The third kappa shape index (κ3) is 1.90. The van der Waals surface area contributed by atoms with Gasteiger partial charge in [-0.1, -0.05) is 32.9 Å². The fraction of sp³-hybridized carbons (Fsp3) is 0.652. The van der Waals surface area contributed by atoms with Crippen LogP contribution in [0.3, 0.4) is 0 Å². The Morgan fingerprint density at radius 1 is 1.19 bits per heavy atom. The molecule has 140 valence electrons. The first kappa shape index (κ1) is 17.8. The summed E-state index contributed by atoms with van der Waals surface area (Å²) in [5, 5.41) is 0. The summed E-state index contributed by atoms with van der Waals surface area (Å²) in [7, 11) is 1.59. The summed E-state index contributed by atoms with van der Waals surface area (Å²) in [5.41, 5.74) is 2.79. The van der Waals surface area contributed by atoms with Crippen LogP contribution in [0.4, 0.5) is 0 Å². The zero-order valence-corrected chi connectivity index (χ0v) is 16.6. The molecule has 26 heavy (non-hydrogen) atoms. The average Bonchev–Trinajstić information content (AvgIpc) is 2.90. The third-order valence-corrected chi connectivity index (χ3v) is 8.57. The number of ketones is 2. The van der Waals surface area contributed by atoms with Crippen LogP contribution in [0.2, 0.25) is 0 Å². The van der Waals surface area contributed by atoms with E-state index in [0.717, 1.165) is 42.4 Å². The van der Waals surface area contributed by atoms with E-state index in [4.69, 9.17) is 4.74 Å². The molecule has 0 unspecified atom stereocenters. The number of carbonyl (C=O) groups excluding carboxylic acids is 2. The molecule has 0 spiro atoms. The molecule has 4 aliphatic carbocycles. The van der Waals surface area contributed by atoms with Crippen molar-refractivity contribution in [3.05, 3.63) is 35.1 Å². The Labute approximate surface area is 156 Å². The van der Waals surface area contributed by atoms with E-state index < -0.39 is 0 Å². The molecule has 3 fully saturated rings. The van der Waals surface area contributed by atoms with Crippen LogP contribution in [-0.2, 0) is 14.3 Å². The number of hydrogen-bond donors (Lipinski definition) is 0. The van der Waals surface area contributed by atoms with Gasteiger partial charge in [-0.15, -0.1) is 0 Å². The maximum absolute atomic E-state index is 12.7. The third-order valence-electron chi connectivity index (χ3n) is 8.57. The molecule has 0 bridgehead atoms. The van der Waals surface area contributed by atoms with Crippen molar-refractivity contribution in [1.82, 2.24) is 0 Å². The molecule has 4 aliphatic rings. The molecule has 0 aromatic heterocycles. The summed E-state index contributed by atoms with van der Waals surface area (Å²) in [6.45, 7) is 13.2. The Morgan fingerprint density at radius 2 is 1.88 bits per heavy atom. The minimum atomic E-state index is -0.222. The van der Waals surface area contributed by atoms with E-state index in [9.17, 15) is 9.59 Å². The van der Waals surface area contributed by atoms with Gasteiger partial charge in [0.2, 0.25) is 5.78 Å². The number of rotatable bonds is 1. The van der Waals surface area contributed by atoms with Crippen molar-refractivity contribution in [3.63, 3.8) is 0 Å². The van der Waals surface area contributed by atoms with Crippen LogP contribution in [0.15, 0.2) is 35.1 Å². The van der Waals surface area contributed by atoms with Crippen molar-refractivity contribution in [3.8, 4) is 0 Å². The highest BCUT2D eigenvalue weighted by atomic mass is 16.5. The first-order chi connectivity index (χ1) is 12.2. The van der Waals surface area contributed by atoms with Crippen LogP contribution < -0.4 is 0 Å². The molecule has 0 aliphatic heterocycles. The van der Waals surface area contributed by atoms with E-state index in [1.54, 1.807) is 13.2 Å². The first-order valence-corrected chi connectivity index (χ1v) is 9.92. The van der Waals surface area contributed by atoms with Crippen molar-refractivity contribution in [2.45, 2.75) is 53.4 Å². The van der Waals surface area contributed by atoms with Gasteiger partial charge in [0.25, 0.3) is 0 Å². The van der Waals surface area contributed by atoms with E-state index in [1.807, 2.05) is 0 Å². The molecule has 0 amide bonds.